The fourth-order valence-corrected chi connectivity index (χ4v) is 1.47. The molecule has 1 rings (SSSR count). The van der Waals surface area contributed by atoms with E-state index in [9.17, 15) is 0 Å². The van der Waals surface area contributed by atoms with Crippen molar-refractivity contribution < 1.29 is 4.52 Å². The van der Waals surface area contributed by atoms with Gasteiger partial charge in [-0.2, -0.15) is 0 Å². The van der Waals surface area contributed by atoms with Crippen molar-refractivity contribution in [2.75, 3.05) is 0 Å². The third-order valence-corrected chi connectivity index (χ3v) is 2.12. The Hall–Kier alpha value is -0.790. The zero-order valence-corrected chi connectivity index (χ0v) is 8.35. The van der Waals surface area contributed by atoms with Gasteiger partial charge in [0.2, 0.25) is 0 Å². The molecule has 0 aromatic carbocycles. The Balaban J connectivity index is 3.05. The molecule has 0 unspecified atom stereocenters. The van der Waals surface area contributed by atoms with Gasteiger partial charge in [0.05, 0.1) is 5.69 Å². The van der Waals surface area contributed by atoms with Gasteiger partial charge in [0, 0.05) is 12.0 Å². The molecule has 2 heteroatoms. The van der Waals surface area contributed by atoms with Gasteiger partial charge < -0.3 is 4.52 Å². The second-order valence-corrected chi connectivity index (χ2v) is 3.33. The summed E-state index contributed by atoms with van der Waals surface area (Å²) in [7, 11) is 0. The third kappa shape index (κ3) is 1.52. The van der Waals surface area contributed by atoms with Crippen LogP contribution >= 0.6 is 0 Å². The van der Waals surface area contributed by atoms with Gasteiger partial charge >= 0.3 is 0 Å². The van der Waals surface area contributed by atoms with Gasteiger partial charge in [0.15, 0.2) is 0 Å². The van der Waals surface area contributed by atoms with Gasteiger partial charge in [-0.15, -0.1) is 0 Å². The molecule has 0 atom stereocenters. The maximum Gasteiger partial charge on any atom is 0.139 e. The topological polar surface area (TPSA) is 26.0 Å². The zero-order valence-electron chi connectivity index (χ0n) is 8.35. The average molecular weight is 167 g/mol. The Morgan fingerprint density at radius 1 is 1.25 bits per heavy atom. The number of hydrogen-bond acceptors (Lipinski definition) is 2. The maximum atomic E-state index is 5.25. The molecule has 0 aliphatic heterocycles. The minimum absolute atomic E-state index is 0.476. The summed E-state index contributed by atoms with van der Waals surface area (Å²) in [4.78, 5) is 0. The molecular formula is C10H17NO. The first-order valence-corrected chi connectivity index (χ1v) is 4.68. The van der Waals surface area contributed by atoms with E-state index in [2.05, 4.69) is 32.9 Å². The van der Waals surface area contributed by atoms with Crippen molar-refractivity contribution in [3.8, 4) is 0 Å². The molecule has 1 heterocycles. The Morgan fingerprint density at radius 2 is 1.92 bits per heavy atom. The minimum Gasteiger partial charge on any atom is -0.361 e. The first kappa shape index (κ1) is 9.30. The molecule has 0 radical (unpaired) electrons. The Morgan fingerprint density at radius 3 is 2.33 bits per heavy atom. The highest BCUT2D eigenvalue weighted by atomic mass is 16.5. The van der Waals surface area contributed by atoms with E-state index in [4.69, 9.17) is 4.52 Å². The summed E-state index contributed by atoms with van der Waals surface area (Å²) in [6.45, 7) is 8.55. The molecule has 0 N–H and O–H groups in total. The van der Waals surface area contributed by atoms with Crippen LogP contribution in [0.3, 0.4) is 0 Å². The van der Waals surface area contributed by atoms with E-state index in [-0.39, 0.29) is 0 Å². The van der Waals surface area contributed by atoms with Crippen LogP contribution < -0.4 is 0 Å². The molecule has 0 fully saturated rings. The highest BCUT2D eigenvalue weighted by Gasteiger charge is 2.14. The highest BCUT2D eigenvalue weighted by molar-refractivity contribution is 5.25. The van der Waals surface area contributed by atoms with Crippen molar-refractivity contribution in [2.45, 2.75) is 46.5 Å². The zero-order chi connectivity index (χ0) is 9.14. The fourth-order valence-electron chi connectivity index (χ4n) is 1.47. The van der Waals surface area contributed by atoms with Crippen LogP contribution in [0.25, 0.3) is 0 Å². The normalized spacial score (nSPS) is 11.1. The lowest BCUT2D eigenvalue weighted by atomic mass is 10.0. The summed E-state index contributed by atoms with van der Waals surface area (Å²) in [5.74, 6) is 1.53. The second-order valence-electron chi connectivity index (χ2n) is 3.33. The molecule has 0 spiro atoms. The van der Waals surface area contributed by atoms with E-state index in [1.165, 1.54) is 5.56 Å². The van der Waals surface area contributed by atoms with Crippen LogP contribution in [0.1, 0.15) is 50.6 Å². The molecule has 0 bridgehead atoms. The van der Waals surface area contributed by atoms with Gasteiger partial charge in [0.25, 0.3) is 0 Å². The molecule has 0 saturated heterocycles. The standard InChI is InChI=1S/C10H17NO/c1-5-8-9(6-2)12-11-10(8)7(3)4/h7H,5-6H2,1-4H3. The Labute approximate surface area is 74.0 Å². The van der Waals surface area contributed by atoms with Crippen LogP contribution in [0.4, 0.5) is 0 Å². The van der Waals surface area contributed by atoms with Crippen molar-refractivity contribution in [1.82, 2.24) is 5.16 Å². The molecule has 1 aromatic rings. The Bertz CT molecular complexity index is 250. The van der Waals surface area contributed by atoms with E-state index in [1.807, 2.05) is 0 Å². The van der Waals surface area contributed by atoms with Crippen LogP contribution in [0.5, 0.6) is 0 Å². The van der Waals surface area contributed by atoms with Gasteiger partial charge in [-0.3, -0.25) is 0 Å². The predicted octanol–water partition coefficient (Wildman–Crippen LogP) is 2.92. The Kier molecular flexibility index (Phi) is 2.90. The second kappa shape index (κ2) is 3.74. The van der Waals surface area contributed by atoms with Crippen LogP contribution in [-0.4, -0.2) is 5.16 Å². The molecule has 12 heavy (non-hydrogen) atoms. The van der Waals surface area contributed by atoms with Crippen molar-refractivity contribution in [1.29, 1.82) is 0 Å². The van der Waals surface area contributed by atoms with Crippen molar-refractivity contribution in [3.05, 3.63) is 17.0 Å². The summed E-state index contributed by atoms with van der Waals surface area (Å²) in [6, 6.07) is 0. The van der Waals surface area contributed by atoms with E-state index >= 15 is 0 Å². The van der Waals surface area contributed by atoms with E-state index in [0.29, 0.717) is 5.92 Å². The monoisotopic (exact) mass is 167 g/mol. The van der Waals surface area contributed by atoms with Gasteiger partial charge in [-0.1, -0.05) is 32.9 Å². The lowest BCUT2D eigenvalue weighted by Gasteiger charge is -2.01. The first-order chi connectivity index (χ1) is 5.70. The molecule has 0 aliphatic rings. The van der Waals surface area contributed by atoms with Crippen molar-refractivity contribution in [2.24, 2.45) is 0 Å². The summed E-state index contributed by atoms with van der Waals surface area (Å²) >= 11 is 0. The van der Waals surface area contributed by atoms with Crippen LogP contribution in [0.2, 0.25) is 0 Å². The van der Waals surface area contributed by atoms with Gasteiger partial charge in [-0.05, 0) is 12.3 Å². The fraction of sp³-hybridized carbons (Fsp3) is 0.700. The molecule has 0 saturated carbocycles. The predicted molar refractivity (Wildman–Crippen MR) is 49.3 cm³/mol. The smallest absolute Gasteiger partial charge is 0.139 e. The highest BCUT2D eigenvalue weighted by Crippen LogP contribution is 2.22. The SMILES string of the molecule is CCc1onc(C(C)C)c1CC. The van der Waals surface area contributed by atoms with E-state index < -0.39 is 0 Å². The summed E-state index contributed by atoms with van der Waals surface area (Å²) in [5, 5.41) is 4.08. The molecule has 1 aromatic heterocycles. The molecular weight excluding hydrogens is 150 g/mol. The van der Waals surface area contributed by atoms with Crippen molar-refractivity contribution >= 4 is 0 Å². The van der Waals surface area contributed by atoms with E-state index in [1.54, 1.807) is 0 Å². The van der Waals surface area contributed by atoms with E-state index in [0.717, 1.165) is 24.3 Å². The molecule has 2 nitrogen and oxygen atoms in total. The summed E-state index contributed by atoms with van der Waals surface area (Å²) in [5.41, 5.74) is 2.45. The number of hydrogen-bond donors (Lipinski definition) is 0. The lowest BCUT2D eigenvalue weighted by molar-refractivity contribution is 0.377. The third-order valence-electron chi connectivity index (χ3n) is 2.12. The van der Waals surface area contributed by atoms with Gasteiger partial charge in [-0.25, -0.2) is 0 Å². The number of nitrogens with zero attached hydrogens (tertiary/aromatic N) is 1. The number of aromatic nitrogens is 1. The van der Waals surface area contributed by atoms with Crippen molar-refractivity contribution in [3.63, 3.8) is 0 Å². The van der Waals surface area contributed by atoms with Gasteiger partial charge in [0.1, 0.15) is 5.76 Å². The summed E-state index contributed by atoms with van der Waals surface area (Å²) in [6.07, 6.45) is 1.98. The lowest BCUT2D eigenvalue weighted by Crippen LogP contribution is -1.94. The van der Waals surface area contributed by atoms with Crippen LogP contribution in [-0.2, 0) is 12.8 Å². The minimum atomic E-state index is 0.476. The summed E-state index contributed by atoms with van der Waals surface area (Å²) < 4.78 is 5.25. The average Bonchev–Trinajstić information content (AvgIpc) is 2.46. The quantitative estimate of drug-likeness (QED) is 0.691. The molecule has 0 aliphatic carbocycles. The molecule has 68 valence electrons. The molecule has 0 amide bonds. The maximum absolute atomic E-state index is 5.25. The first-order valence-electron chi connectivity index (χ1n) is 4.68. The number of rotatable bonds is 3. The number of aryl methyl sites for hydroxylation is 1. The largest absolute Gasteiger partial charge is 0.361 e. The van der Waals surface area contributed by atoms with Crippen LogP contribution in [0.15, 0.2) is 4.52 Å². The van der Waals surface area contributed by atoms with Crippen LogP contribution in [0, 0.1) is 0 Å².